The number of hydrogen-bond acceptors (Lipinski definition) is 7. The van der Waals surface area contributed by atoms with Gasteiger partial charge in [-0.05, 0) is 36.6 Å². The number of anilines is 1. The SMILES string of the molecule is NC1=Nc2[nH]ncc2C(N)N1C1CCN(S(=O)(=O)c2ccccc2)c2ccccc2C1. The van der Waals surface area contributed by atoms with Crippen LogP contribution >= 0.6 is 0 Å². The molecule has 2 aliphatic heterocycles. The second kappa shape index (κ2) is 7.40. The van der Waals surface area contributed by atoms with Crippen molar-refractivity contribution in [2.75, 3.05) is 10.8 Å². The van der Waals surface area contributed by atoms with Crippen molar-refractivity contribution in [3.8, 4) is 0 Å². The van der Waals surface area contributed by atoms with E-state index < -0.39 is 16.2 Å². The fourth-order valence-corrected chi connectivity index (χ4v) is 5.89. The number of sulfonamides is 1. The Kier molecular flexibility index (Phi) is 4.67. The molecule has 2 aromatic carbocycles. The first-order chi connectivity index (χ1) is 15.0. The highest BCUT2D eigenvalue weighted by molar-refractivity contribution is 7.92. The Morgan fingerprint density at radius 1 is 1.06 bits per heavy atom. The molecule has 5 N–H and O–H groups in total. The molecule has 2 aliphatic rings. The zero-order valence-electron chi connectivity index (χ0n) is 16.7. The van der Waals surface area contributed by atoms with Gasteiger partial charge in [0.2, 0.25) is 0 Å². The summed E-state index contributed by atoms with van der Waals surface area (Å²) in [5.74, 6) is 0.856. The Balaban J connectivity index is 1.53. The maximum absolute atomic E-state index is 13.5. The van der Waals surface area contributed by atoms with Crippen LogP contribution < -0.4 is 15.8 Å². The molecular formula is C21H23N7O2S. The summed E-state index contributed by atoms with van der Waals surface area (Å²) in [5.41, 5.74) is 15.1. The molecule has 0 fully saturated rings. The molecule has 31 heavy (non-hydrogen) atoms. The van der Waals surface area contributed by atoms with Crippen LogP contribution in [0.15, 0.2) is 70.7 Å². The first kappa shape index (κ1) is 19.6. The monoisotopic (exact) mass is 437 g/mol. The zero-order valence-corrected chi connectivity index (χ0v) is 17.5. The number of rotatable bonds is 3. The third-order valence-electron chi connectivity index (χ3n) is 5.86. The molecule has 0 saturated heterocycles. The number of nitrogens with two attached hydrogens (primary N) is 2. The number of guanidine groups is 1. The molecule has 0 saturated carbocycles. The summed E-state index contributed by atoms with van der Waals surface area (Å²) in [7, 11) is -3.71. The van der Waals surface area contributed by atoms with E-state index in [9.17, 15) is 8.42 Å². The van der Waals surface area contributed by atoms with Gasteiger partial charge in [-0.25, -0.2) is 8.42 Å². The number of nitrogens with zero attached hydrogens (tertiary/aromatic N) is 4. The maximum atomic E-state index is 13.5. The van der Waals surface area contributed by atoms with Gasteiger partial charge in [0, 0.05) is 12.6 Å². The number of aliphatic imine (C=N–C) groups is 1. The van der Waals surface area contributed by atoms with Crippen molar-refractivity contribution in [2.45, 2.75) is 29.9 Å². The number of aromatic amines is 1. The average Bonchev–Trinajstić information content (AvgIpc) is 3.15. The van der Waals surface area contributed by atoms with Crippen LogP contribution in [-0.4, -0.2) is 42.1 Å². The van der Waals surface area contributed by atoms with E-state index in [1.165, 1.54) is 4.31 Å². The van der Waals surface area contributed by atoms with Crippen LogP contribution in [0.1, 0.15) is 23.7 Å². The van der Waals surface area contributed by atoms with Crippen molar-refractivity contribution in [3.05, 3.63) is 71.9 Å². The highest BCUT2D eigenvalue weighted by Gasteiger charge is 2.37. The lowest BCUT2D eigenvalue weighted by molar-refractivity contribution is 0.226. The number of para-hydroxylation sites is 1. The summed E-state index contributed by atoms with van der Waals surface area (Å²) in [4.78, 5) is 6.54. The number of hydrogen-bond donors (Lipinski definition) is 3. The quantitative estimate of drug-likeness (QED) is 0.572. The van der Waals surface area contributed by atoms with Gasteiger partial charge in [0.05, 0.1) is 22.3 Å². The molecule has 2 unspecified atom stereocenters. The van der Waals surface area contributed by atoms with E-state index in [1.54, 1.807) is 36.5 Å². The van der Waals surface area contributed by atoms with Crippen molar-refractivity contribution >= 4 is 27.5 Å². The van der Waals surface area contributed by atoms with Crippen LogP contribution in [0.3, 0.4) is 0 Å². The zero-order chi connectivity index (χ0) is 21.6. The van der Waals surface area contributed by atoms with Crippen LogP contribution in [0, 0.1) is 0 Å². The lowest BCUT2D eigenvalue weighted by atomic mass is 10.0. The summed E-state index contributed by atoms with van der Waals surface area (Å²) in [6, 6.07) is 15.9. The predicted molar refractivity (Wildman–Crippen MR) is 118 cm³/mol. The Morgan fingerprint density at radius 2 is 1.81 bits per heavy atom. The summed E-state index contributed by atoms with van der Waals surface area (Å²) in [6.45, 7) is 0.299. The Morgan fingerprint density at radius 3 is 2.61 bits per heavy atom. The second-order valence-electron chi connectivity index (χ2n) is 7.66. The number of H-pyrrole nitrogens is 1. The molecule has 9 nitrogen and oxygen atoms in total. The number of fused-ring (bicyclic) bond motifs is 2. The standard InChI is InChI=1S/C21H23N7O2S/c22-19-17-13-24-26-20(17)25-21(23)28(19)15-10-11-27(18-9-5-4-6-14(18)12-15)31(29,30)16-7-2-1-3-8-16/h1-9,13,15,19H,10-12,22H2,(H3,23,24,25,26). The summed E-state index contributed by atoms with van der Waals surface area (Å²) >= 11 is 0. The van der Waals surface area contributed by atoms with Crippen LogP contribution in [-0.2, 0) is 16.4 Å². The molecule has 5 rings (SSSR count). The van der Waals surface area contributed by atoms with Crippen LogP contribution in [0.25, 0.3) is 0 Å². The summed E-state index contributed by atoms with van der Waals surface area (Å²) in [6.07, 6.45) is 2.27. The molecule has 0 aliphatic carbocycles. The number of aromatic nitrogens is 2. The van der Waals surface area contributed by atoms with Crippen molar-refractivity contribution in [3.63, 3.8) is 0 Å². The van der Waals surface area contributed by atoms with E-state index in [-0.39, 0.29) is 10.9 Å². The van der Waals surface area contributed by atoms with Crippen molar-refractivity contribution in [1.29, 1.82) is 0 Å². The van der Waals surface area contributed by atoms with Crippen LogP contribution in [0.5, 0.6) is 0 Å². The van der Waals surface area contributed by atoms with Crippen LogP contribution in [0.2, 0.25) is 0 Å². The van der Waals surface area contributed by atoms with Gasteiger partial charge in [-0.15, -0.1) is 0 Å². The normalized spacial score (nSPS) is 21.1. The van der Waals surface area contributed by atoms with E-state index in [0.29, 0.717) is 36.9 Å². The van der Waals surface area contributed by atoms with Gasteiger partial charge < -0.3 is 16.4 Å². The fraction of sp³-hybridized carbons (Fsp3) is 0.238. The van der Waals surface area contributed by atoms with Crippen molar-refractivity contribution in [1.82, 2.24) is 15.1 Å². The third-order valence-corrected chi connectivity index (χ3v) is 7.69. The Bertz CT molecular complexity index is 1240. The van der Waals surface area contributed by atoms with Crippen molar-refractivity contribution in [2.24, 2.45) is 16.5 Å². The second-order valence-corrected chi connectivity index (χ2v) is 9.52. The Labute approximate surface area is 180 Å². The molecule has 3 heterocycles. The fourth-order valence-electron chi connectivity index (χ4n) is 4.35. The molecule has 0 amide bonds. The smallest absolute Gasteiger partial charge is 0.264 e. The summed E-state index contributed by atoms with van der Waals surface area (Å²) in [5, 5.41) is 6.82. The predicted octanol–water partition coefficient (Wildman–Crippen LogP) is 1.84. The van der Waals surface area contributed by atoms with E-state index in [4.69, 9.17) is 11.5 Å². The largest absolute Gasteiger partial charge is 0.369 e. The molecular weight excluding hydrogens is 414 g/mol. The number of benzene rings is 2. The van der Waals surface area contributed by atoms with E-state index in [1.807, 2.05) is 29.2 Å². The lowest BCUT2D eigenvalue weighted by Gasteiger charge is -2.38. The molecule has 10 heteroatoms. The highest BCUT2D eigenvalue weighted by atomic mass is 32.2. The lowest BCUT2D eigenvalue weighted by Crippen LogP contribution is -2.52. The minimum Gasteiger partial charge on any atom is -0.369 e. The first-order valence-corrected chi connectivity index (χ1v) is 11.5. The molecule has 0 spiro atoms. The molecule has 160 valence electrons. The van der Waals surface area contributed by atoms with Gasteiger partial charge in [0.1, 0.15) is 6.17 Å². The van der Waals surface area contributed by atoms with E-state index in [0.717, 1.165) is 11.1 Å². The van der Waals surface area contributed by atoms with E-state index in [2.05, 4.69) is 15.2 Å². The average molecular weight is 438 g/mol. The summed E-state index contributed by atoms with van der Waals surface area (Å²) < 4.78 is 28.4. The first-order valence-electron chi connectivity index (χ1n) is 10.0. The molecule has 1 aromatic heterocycles. The van der Waals surface area contributed by atoms with Gasteiger partial charge in [0.25, 0.3) is 10.0 Å². The van der Waals surface area contributed by atoms with Gasteiger partial charge in [0.15, 0.2) is 11.8 Å². The maximum Gasteiger partial charge on any atom is 0.264 e. The molecule has 2 atom stereocenters. The molecule has 0 bridgehead atoms. The minimum atomic E-state index is -3.71. The van der Waals surface area contributed by atoms with Crippen LogP contribution in [0.4, 0.5) is 11.5 Å². The van der Waals surface area contributed by atoms with Gasteiger partial charge in [-0.2, -0.15) is 10.1 Å². The topological polar surface area (TPSA) is 134 Å². The number of nitrogens with one attached hydrogen (secondary N) is 1. The van der Waals surface area contributed by atoms with Gasteiger partial charge in [-0.3, -0.25) is 9.40 Å². The highest BCUT2D eigenvalue weighted by Crippen LogP contribution is 2.36. The van der Waals surface area contributed by atoms with Gasteiger partial charge in [-0.1, -0.05) is 36.4 Å². The molecule has 3 aromatic rings. The minimum absolute atomic E-state index is 0.126. The third kappa shape index (κ3) is 3.24. The van der Waals surface area contributed by atoms with Crippen molar-refractivity contribution < 1.29 is 8.42 Å². The van der Waals surface area contributed by atoms with Gasteiger partial charge >= 0.3 is 0 Å². The Hall–Kier alpha value is -3.37. The van der Waals surface area contributed by atoms with E-state index >= 15 is 0 Å². The molecule has 0 radical (unpaired) electrons.